The van der Waals surface area contributed by atoms with Crippen LogP contribution in [0.5, 0.6) is 0 Å². The minimum Gasteiger partial charge on any atom is -0.328 e. The van der Waals surface area contributed by atoms with Crippen LogP contribution in [-0.2, 0) is 16.4 Å². The topological polar surface area (TPSA) is 55.2 Å². The van der Waals surface area contributed by atoms with Gasteiger partial charge in [0.1, 0.15) is 15.7 Å². The Labute approximate surface area is 175 Å². The summed E-state index contributed by atoms with van der Waals surface area (Å²) >= 11 is 0. The number of piperidine rings is 1. The monoisotopic (exact) mass is 415 g/mol. The van der Waals surface area contributed by atoms with Crippen molar-refractivity contribution in [1.29, 1.82) is 0 Å². The number of likely N-dealkylation sites (tertiary alicyclic amines) is 1. The normalized spacial score (nSPS) is 23.3. The van der Waals surface area contributed by atoms with E-state index in [1.54, 1.807) is 0 Å². The molecule has 2 aliphatic heterocycles. The molecule has 1 unspecified atom stereocenters. The van der Waals surface area contributed by atoms with E-state index < -0.39 is 9.84 Å². The number of aryl methyl sites for hydroxylation is 1. The lowest BCUT2D eigenvalue weighted by Crippen LogP contribution is -2.37. The number of hydrogen-bond acceptors (Lipinski definition) is 4. The van der Waals surface area contributed by atoms with E-state index >= 15 is 0 Å². The Morgan fingerprint density at radius 3 is 2.59 bits per heavy atom. The molecular weight excluding hydrogens is 382 g/mol. The van der Waals surface area contributed by atoms with Crippen molar-refractivity contribution < 1.29 is 8.42 Å². The molecule has 1 aromatic carbocycles. The second kappa shape index (κ2) is 8.23. The van der Waals surface area contributed by atoms with Gasteiger partial charge in [0.2, 0.25) is 0 Å². The van der Waals surface area contributed by atoms with Crippen LogP contribution >= 0.6 is 0 Å². The number of sulfone groups is 1. The summed E-state index contributed by atoms with van der Waals surface area (Å²) in [5.74, 6) is 1.53. The molecular formula is C23H33N3O2S. The molecule has 158 valence electrons. The molecule has 0 saturated carbocycles. The maximum atomic E-state index is 11.9. The SMILES string of the molecule is Cc1cc(CN2CCCCC2C)c(C)c(-c2nccn2C2CCS(=O)(=O)CC2)c1. The molecule has 5 nitrogen and oxygen atoms in total. The third kappa shape index (κ3) is 4.43. The van der Waals surface area contributed by atoms with Gasteiger partial charge in [0.05, 0.1) is 11.5 Å². The van der Waals surface area contributed by atoms with E-state index in [-0.39, 0.29) is 17.5 Å². The molecule has 2 saturated heterocycles. The molecule has 2 fully saturated rings. The fraction of sp³-hybridized carbons (Fsp3) is 0.609. The molecule has 1 aromatic heterocycles. The summed E-state index contributed by atoms with van der Waals surface area (Å²) in [4.78, 5) is 7.31. The van der Waals surface area contributed by atoms with E-state index in [0.29, 0.717) is 18.9 Å². The van der Waals surface area contributed by atoms with Gasteiger partial charge < -0.3 is 4.57 Å². The maximum Gasteiger partial charge on any atom is 0.150 e. The van der Waals surface area contributed by atoms with Crippen LogP contribution in [0.2, 0.25) is 0 Å². The van der Waals surface area contributed by atoms with Crippen LogP contribution in [0.3, 0.4) is 0 Å². The summed E-state index contributed by atoms with van der Waals surface area (Å²) in [6, 6.07) is 5.40. The van der Waals surface area contributed by atoms with Crippen molar-refractivity contribution in [2.75, 3.05) is 18.1 Å². The lowest BCUT2D eigenvalue weighted by atomic mass is 9.96. The van der Waals surface area contributed by atoms with Gasteiger partial charge >= 0.3 is 0 Å². The molecule has 0 radical (unpaired) electrons. The predicted molar refractivity (Wildman–Crippen MR) is 118 cm³/mol. The van der Waals surface area contributed by atoms with Crippen LogP contribution in [0.1, 0.15) is 61.8 Å². The van der Waals surface area contributed by atoms with Gasteiger partial charge in [-0.05, 0) is 70.2 Å². The van der Waals surface area contributed by atoms with Crippen LogP contribution in [0.4, 0.5) is 0 Å². The Morgan fingerprint density at radius 2 is 1.86 bits per heavy atom. The number of aromatic nitrogens is 2. The van der Waals surface area contributed by atoms with Crippen molar-refractivity contribution in [2.45, 2.75) is 71.5 Å². The third-order valence-corrected chi connectivity index (χ3v) is 8.52. The second-order valence-electron chi connectivity index (χ2n) is 8.95. The summed E-state index contributed by atoms with van der Waals surface area (Å²) in [6.07, 6.45) is 9.14. The van der Waals surface area contributed by atoms with E-state index in [4.69, 9.17) is 4.98 Å². The Bertz CT molecular complexity index is 966. The van der Waals surface area contributed by atoms with E-state index in [1.165, 1.54) is 48.1 Å². The first kappa shape index (κ1) is 20.6. The van der Waals surface area contributed by atoms with Gasteiger partial charge in [-0.3, -0.25) is 4.90 Å². The molecule has 2 aliphatic rings. The van der Waals surface area contributed by atoms with Crippen molar-refractivity contribution in [3.05, 3.63) is 41.2 Å². The Kier molecular flexibility index (Phi) is 5.85. The van der Waals surface area contributed by atoms with Crippen LogP contribution in [0.15, 0.2) is 24.5 Å². The molecule has 0 aliphatic carbocycles. The fourth-order valence-corrected chi connectivity index (χ4v) is 6.38. The largest absolute Gasteiger partial charge is 0.328 e. The average Bonchev–Trinajstić information content (AvgIpc) is 3.15. The van der Waals surface area contributed by atoms with Crippen molar-refractivity contribution in [2.24, 2.45) is 0 Å². The lowest BCUT2D eigenvalue weighted by molar-refractivity contribution is 0.152. The van der Waals surface area contributed by atoms with Gasteiger partial charge in [-0.25, -0.2) is 13.4 Å². The molecule has 4 rings (SSSR count). The predicted octanol–water partition coefficient (Wildman–Crippen LogP) is 4.29. The Balaban J connectivity index is 1.64. The fourth-order valence-electron chi connectivity index (χ4n) is 4.91. The molecule has 0 spiro atoms. The number of imidazole rings is 1. The van der Waals surface area contributed by atoms with Gasteiger partial charge in [0.25, 0.3) is 0 Å². The quantitative estimate of drug-likeness (QED) is 0.747. The highest BCUT2D eigenvalue weighted by Crippen LogP contribution is 2.33. The van der Waals surface area contributed by atoms with Gasteiger partial charge in [-0.1, -0.05) is 18.1 Å². The summed E-state index contributed by atoms with van der Waals surface area (Å²) in [7, 11) is -2.87. The molecule has 6 heteroatoms. The minimum absolute atomic E-state index is 0.210. The van der Waals surface area contributed by atoms with Gasteiger partial charge in [0.15, 0.2) is 0 Å². The van der Waals surface area contributed by atoms with Crippen LogP contribution in [0, 0.1) is 13.8 Å². The third-order valence-electron chi connectivity index (χ3n) is 6.80. The summed E-state index contributed by atoms with van der Waals surface area (Å²) in [6.45, 7) is 8.88. The number of benzene rings is 1. The van der Waals surface area contributed by atoms with Crippen LogP contribution < -0.4 is 0 Å². The molecule has 3 heterocycles. The molecule has 0 bridgehead atoms. The number of nitrogens with zero attached hydrogens (tertiary/aromatic N) is 3. The van der Waals surface area contributed by atoms with Gasteiger partial charge in [-0.2, -0.15) is 0 Å². The smallest absolute Gasteiger partial charge is 0.150 e. The Hall–Kier alpha value is -1.66. The molecule has 0 N–H and O–H groups in total. The van der Waals surface area contributed by atoms with Gasteiger partial charge in [-0.15, -0.1) is 0 Å². The number of rotatable bonds is 4. The van der Waals surface area contributed by atoms with Crippen molar-refractivity contribution in [1.82, 2.24) is 14.5 Å². The zero-order chi connectivity index (χ0) is 20.6. The summed E-state index contributed by atoms with van der Waals surface area (Å²) in [5.41, 5.74) is 5.12. The van der Waals surface area contributed by atoms with Crippen molar-refractivity contribution >= 4 is 9.84 Å². The molecule has 29 heavy (non-hydrogen) atoms. The first-order valence-corrected chi connectivity index (χ1v) is 12.7. The average molecular weight is 416 g/mol. The minimum atomic E-state index is -2.87. The highest BCUT2D eigenvalue weighted by atomic mass is 32.2. The zero-order valence-corrected chi connectivity index (χ0v) is 18.7. The second-order valence-corrected chi connectivity index (χ2v) is 11.3. The molecule has 1 atom stereocenters. The molecule has 0 amide bonds. The van der Waals surface area contributed by atoms with E-state index in [0.717, 1.165) is 12.4 Å². The van der Waals surface area contributed by atoms with Gasteiger partial charge in [0, 0.05) is 36.6 Å². The molecule has 2 aromatic rings. The standard InChI is InChI=1S/C23H33N3O2S/c1-17-14-20(16-25-10-5-4-6-18(25)2)19(3)22(15-17)23-24-9-11-26(23)21-7-12-29(27,28)13-8-21/h9,11,14-15,18,21H,4-8,10,12-13,16H2,1-3H3. The van der Waals surface area contributed by atoms with E-state index in [1.807, 2.05) is 12.4 Å². The highest BCUT2D eigenvalue weighted by molar-refractivity contribution is 7.91. The Morgan fingerprint density at radius 1 is 1.10 bits per heavy atom. The zero-order valence-electron chi connectivity index (χ0n) is 17.9. The van der Waals surface area contributed by atoms with Crippen LogP contribution in [-0.4, -0.2) is 47.0 Å². The lowest BCUT2D eigenvalue weighted by Gasteiger charge is -2.34. The first-order valence-electron chi connectivity index (χ1n) is 10.9. The van der Waals surface area contributed by atoms with E-state index in [2.05, 4.69) is 42.4 Å². The maximum absolute atomic E-state index is 11.9. The summed E-state index contributed by atoms with van der Waals surface area (Å²) < 4.78 is 25.9. The number of hydrogen-bond donors (Lipinski definition) is 0. The first-order chi connectivity index (χ1) is 13.8. The van der Waals surface area contributed by atoms with E-state index in [9.17, 15) is 8.42 Å². The highest BCUT2D eigenvalue weighted by Gasteiger charge is 2.27. The van der Waals surface area contributed by atoms with Crippen molar-refractivity contribution in [3.63, 3.8) is 0 Å². The van der Waals surface area contributed by atoms with Crippen molar-refractivity contribution in [3.8, 4) is 11.4 Å². The van der Waals surface area contributed by atoms with Crippen LogP contribution in [0.25, 0.3) is 11.4 Å². The summed E-state index contributed by atoms with van der Waals surface area (Å²) in [5, 5.41) is 0.